The van der Waals surface area contributed by atoms with Gasteiger partial charge in [0.05, 0.1) is 0 Å². The van der Waals surface area contributed by atoms with Crippen LogP contribution in [0, 0.1) is 4.91 Å². The van der Waals surface area contributed by atoms with Gasteiger partial charge in [0.25, 0.3) is 0 Å². The molecular weight excluding hydrogens is 192 g/mol. The van der Waals surface area contributed by atoms with E-state index in [1.54, 1.807) is 24.5 Å². The molecule has 5 nitrogen and oxygen atoms in total. The van der Waals surface area contributed by atoms with Gasteiger partial charge in [-0.15, -0.1) is 4.91 Å². The van der Waals surface area contributed by atoms with Crippen molar-refractivity contribution >= 4 is 17.2 Å². The molecule has 0 aromatic carbocycles. The molecule has 2 heterocycles. The average Bonchev–Trinajstić information content (AvgIpc) is 2.31. The molecule has 0 saturated heterocycles. The van der Waals surface area contributed by atoms with Gasteiger partial charge in [-0.2, -0.15) is 0 Å². The Kier molecular flexibility index (Phi) is 2.64. The summed E-state index contributed by atoms with van der Waals surface area (Å²) in [6, 6.07) is 6.74. The van der Waals surface area contributed by atoms with Crippen LogP contribution in [0.2, 0.25) is 0 Å². The van der Waals surface area contributed by atoms with Gasteiger partial charge in [-0.1, -0.05) is 0 Å². The maximum absolute atomic E-state index is 10.3. The molecule has 0 saturated carbocycles. The van der Waals surface area contributed by atoms with Crippen molar-refractivity contribution < 1.29 is 0 Å². The lowest BCUT2D eigenvalue weighted by molar-refractivity contribution is 1.28. The highest BCUT2D eigenvalue weighted by Gasteiger charge is 1.97. The number of nitroso groups, excluding NO2 is 1. The van der Waals surface area contributed by atoms with E-state index in [9.17, 15) is 4.91 Å². The zero-order valence-corrected chi connectivity index (χ0v) is 7.79. The first-order valence-corrected chi connectivity index (χ1v) is 4.35. The molecule has 2 rings (SSSR count). The van der Waals surface area contributed by atoms with Crippen molar-refractivity contribution in [3.8, 4) is 0 Å². The van der Waals surface area contributed by atoms with Crippen molar-refractivity contribution in [1.82, 2.24) is 9.97 Å². The van der Waals surface area contributed by atoms with E-state index in [0.717, 1.165) is 5.69 Å². The Morgan fingerprint density at radius 1 is 1.13 bits per heavy atom. The minimum atomic E-state index is 0.349. The predicted molar refractivity (Wildman–Crippen MR) is 57.2 cm³/mol. The molecule has 0 spiro atoms. The highest BCUT2D eigenvalue weighted by atomic mass is 16.3. The Morgan fingerprint density at radius 3 is 2.67 bits per heavy atom. The minimum Gasteiger partial charge on any atom is -0.340 e. The zero-order valence-electron chi connectivity index (χ0n) is 7.79. The van der Waals surface area contributed by atoms with Gasteiger partial charge >= 0.3 is 0 Å². The second-order valence-electron chi connectivity index (χ2n) is 2.85. The van der Waals surface area contributed by atoms with E-state index in [-0.39, 0.29) is 0 Å². The topological polar surface area (TPSA) is 67.2 Å². The van der Waals surface area contributed by atoms with Crippen LogP contribution in [-0.4, -0.2) is 9.97 Å². The maximum atomic E-state index is 10.3. The van der Waals surface area contributed by atoms with Gasteiger partial charge in [0.2, 0.25) is 0 Å². The highest BCUT2D eigenvalue weighted by Crippen LogP contribution is 2.18. The Hall–Kier alpha value is -2.30. The third-order valence-corrected chi connectivity index (χ3v) is 1.80. The zero-order chi connectivity index (χ0) is 10.5. The van der Waals surface area contributed by atoms with Crippen molar-refractivity contribution in [1.29, 1.82) is 0 Å². The summed E-state index contributed by atoms with van der Waals surface area (Å²) in [5.74, 6) is 0.582. The average molecular weight is 200 g/mol. The van der Waals surface area contributed by atoms with Crippen molar-refractivity contribution in [3.63, 3.8) is 0 Å². The van der Waals surface area contributed by atoms with Gasteiger partial charge in [-0.3, -0.25) is 4.98 Å². The summed E-state index contributed by atoms with van der Waals surface area (Å²) < 4.78 is 0. The molecule has 2 aromatic rings. The Labute approximate surface area is 86.2 Å². The van der Waals surface area contributed by atoms with Crippen LogP contribution in [0.3, 0.4) is 0 Å². The first kappa shape index (κ1) is 9.26. The van der Waals surface area contributed by atoms with Crippen LogP contribution in [0.4, 0.5) is 17.2 Å². The van der Waals surface area contributed by atoms with Crippen LogP contribution in [0.5, 0.6) is 0 Å². The largest absolute Gasteiger partial charge is 0.340 e. The highest BCUT2D eigenvalue weighted by molar-refractivity contribution is 5.58. The molecule has 5 heteroatoms. The number of hydrogen-bond donors (Lipinski definition) is 1. The van der Waals surface area contributed by atoms with E-state index in [2.05, 4.69) is 20.5 Å². The lowest BCUT2D eigenvalue weighted by Gasteiger charge is -2.03. The first-order valence-electron chi connectivity index (χ1n) is 4.35. The van der Waals surface area contributed by atoms with E-state index in [1.165, 1.54) is 6.20 Å². The van der Waals surface area contributed by atoms with E-state index in [4.69, 9.17) is 0 Å². The summed E-state index contributed by atoms with van der Waals surface area (Å²) >= 11 is 0. The van der Waals surface area contributed by atoms with E-state index in [1.807, 2.05) is 12.1 Å². The molecule has 0 aliphatic rings. The molecule has 0 fully saturated rings. The molecular formula is C10H8N4O. The Balaban J connectivity index is 2.21. The quantitative estimate of drug-likeness (QED) is 0.773. The Morgan fingerprint density at radius 2 is 1.93 bits per heavy atom. The number of anilines is 2. The number of pyridine rings is 2. The van der Waals surface area contributed by atoms with Gasteiger partial charge in [0.15, 0.2) is 0 Å². The summed E-state index contributed by atoms with van der Waals surface area (Å²) in [4.78, 5) is 18.2. The fourth-order valence-electron chi connectivity index (χ4n) is 1.13. The van der Waals surface area contributed by atoms with E-state index >= 15 is 0 Å². The summed E-state index contributed by atoms with van der Waals surface area (Å²) in [5.41, 5.74) is 1.21. The molecule has 0 bridgehead atoms. The lowest BCUT2D eigenvalue weighted by atomic mass is 10.3. The molecule has 0 atom stereocenters. The third kappa shape index (κ3) is 2.34. The molecule has 0 amide bonds. The smallest absolute Gasteiger partial charge is 0.132 e. The van der Waals surface area contributed by atoms with Crippen LogP contribution in [0.1, 0.15) is 0 Å². The van der Waals surface area contributed by atoms with Crippen molar-refractivity contribution in [2.24, 2.45) is 5.18 Å². The fourth-order valence-corrected chi connectivity index (χ4v) is 1.13. The Bertz CT molecular complexity index is 458. The maximum Gasteiger partial charge on any atom is 0.132 e. The molecule has 15 heavy (non-hydrogen) atoms. The number of nitrogens with zero attached hydrogens (tertiary/aromatic N) is 3. The van der Waals surface area contributed by atoms with E-state index < -0.39 is 0 Å². The van der Waals surface area contributed by atoms with Crippen molar-refractivity contribution in [2.45, 2.75) is 0 Å². The van der Waals surface area contributed by atoms with Crippen LogP contribution in [0.15, 0.2) is 48.0 Å². The second-order valence-corrected chi connectivity index (χ2v) is 2.85. The van der Waals surface area contributed by atoms with Gasteiger partial charge in [-0.25, -0.2) is 4.98 Å². The molecule has 1 N–H and O–H groups in total. The summed E-state index contributed by atoms with van der Waals surface area (Å²) in [7, 11) is 0. The number of nitrogens with one attached hydrogen (secondary N) is 1. The molecule has 0 radical (unpaired) electrons. The summed E-state index contributed by atoms with van der Waals surface area (Å²) in [5, 5.41) is 5.86. The van der Waals surface area contributed by atoms with Crippen LogP contribution >= 0.6 is 0 Å². The van der Waals surface area contributed by atoms with Crippen LogP contribution in [0.25, 0.3) is 0 Å². The molecule has 2 aromatic heterocycles. The number of rotatable bonds is 3. The van der Waals surface area contributed by atoms with Gasteiger partial charge in [-0.05, 0) is 23.4 Å². The third-order valence-electron chi connectivity index (χ3n) is 1.80. The normalized spacial score (nSPS) is 9.60. The second kappa shape index (κ2) is 4.28. The van der Waals surface area contributed by atoms with Gasteiger partial charge in [0.1, 0.15) is 11.5 Å². The lowest BCUT2D eigenvalue weighted by Crippen LogP contribution is -1.92. The van der Waals surface area contributed by atoms with Crippen LogP contribution < -0.4 is 5.32 Å². The SMILES string of the molecule is O=Nc1ccnc(Nc2ccncc2)c1. The van der Waals surface area contributed by atoms with Gasteiger partial charge in [0, 0.05) is 30.3 Å². The monoisotopic (exact) mass is 200 g/mol. The van der Waals surface area contributed by atoms with Crippen molar-refractivity contribution in [3.05, 3.63) is 47.8 Å². The summed E-state index contributed by atoms with van der Waals surface area (Å²) in [6.45, 7) is 0. The van der Waals surface area contributed by atoms with Crippen LogP contribution in [-0.2, 0) is 0 Å². The standard InChI is InChI=1S/C10H8N4O/c15-14-9-3-6-12-10(7-9)13-8-1-4-11-5-2-8/h1-7H,(H,11,12,13). The minimum absolute atomic E-state index is 0.349. The van der Waals surface area contributed by atoms with E-state index in [0.29, 0.717) is 11.5 Å². The van der Waals surface area contributed by atoms with Gasteiger partial charge < -0.3 is 5.32 Å². The fraction of sp³-hybridized carbons (Fsp3) is 0. The molecule has 0 aliphatic heterocycles. The molecule has 0 unspecified atom stereocenters. The molecule has 0 aliphatic carbocycles. The first-order chi connectivity index (χ1) is 7.38. The number of aromatic nitrogens is 2. The molecule has 74 valence electrons. The predicted octanol–water partition coefficient (Wildman–Crippen LogP) is 2.62. The summed E-state index contributed by atoms with van der Waals surface area (Å²) in [6.07, 6.45) is 4.87. The number of hydrogen-bond acceptors (Lipinski definition) is 5. The van der Waals surface area contributed by atoms with Crippen molar-refractivity contribution in [2.75, 3.05) is 5.32 Å².